The molecule has 1 fully saturated rings. The smallest absolute Gasteiger partial charge is 0.0841 e. The van der Waals surface area contributed by atoms with Gasteiger partial charge in [-0.3, -0.25) is 0 Å². The van der Waals surface area contributed by atoms with Crippen LogP contribution in [0.15, 0.2) is 0 Å². The molecule has 0 radical (unpaired) electrons. The van der Waals surface area contributed by atoms with E-state index < -0.39 is 0 Å². The quantitative estimate of drug-likeness (QED) is 0.706. The number of aliphatic hydroxyl groups is 1. The zero-order chi connectivity index (χ0) is 9.19. The highest BCUT2D eigenvalue weighted by Gasteiger charge is 2.30. The van der Waals surface area contributed by atoms with Gasteiger partial charge >= 0.3 is 0 Å². The molecule has 1 N–H and O–H groups in total. The van der Waals surface area contributed by atoms with Crippen LogP contribution in [0.2, 0.25) is 0 Å². The van der Waals surface area contributed by atoms with Gasteiger partial charge in [0.2, 0.25) is 0 Å². The summed E-state index contributed by atoms with van der Waals surface area (Å²) in [5.41, 5.74) is -0.0734. The predicted molar refractivity (Wildman–Crippen MR) is 49.1 cm³/mol. The molecule has 1 rings (SSSR count). The molecular formula is C10H20O2. The van der Waals surface area contributed by atoms with Gasteiger partial charge in [0.05, 0.1) is 17.8 Å². The molecule has 12 heavy (non-hydrogen) atoms. The summed E-state index contributed by atoms with van der Waals surface area (Å²) in [6.45, 7) is 6.28. The summed E-state index contributed by atoms with van der Waals surface area (Å²) in [4.78, 5) is 0. The molecule has 72 valence electrons. The Morgan fingerprint density at radius 2 is 2.08 bits per heavy atom. The summed E-state index contributed by atoms with van der Waals surface area (Å²) in [5.74, 6) is 0. The van der Waals surface area contributed by atoms with E-state index in [1.54, 1.807) is 0 Å². The Hall–Kier alpha value is -0.0800. The molecule has 2 heteroatoms. The summed E-state index contributed by atoms with van der Waals surface area (Å²) >= 11 is 0. The van der Waals surface area contributed by atoms with Gasteiger partial charge in [0, 0.05) is 0 Å². The Kier molecular flexibility index (Phi) is 3.13. The molecule has 2 atom stereocenters. The van der Waals surface area contributed by atoms with Crippen molar-refractivity contribution in [2.45, 2.75) is 64.3 Å². The van der Waals surface area contributed by atoms with Gasteiger partial charge in [-0.15, -0.1) is 0 Å². The summed E-state index contributed by atoms with van der Waals surface area (Å²) in [6, 6.07) is 0. The molecule has 0 amide bonds. The fourth-order valence-corrected chi connectivity index (χ4v) is 1.54. The summed E-state index contributed by atoms with van der Waals surface area (Å²) < 4.78 is 5.81. The van der Waals surface area contributed by atoms with Crippen LogP contribution in [0.1, 0.15) is 46.5 Å². The maximum Gasteiger partial charge on any atom is 0.0841 e. The second-order valence-corrected chi connectivity index (χ2v) is 4.27. The maximum absolute atomic E-state index is 9.52. The van der Waals surface area contributed by atoms with E-state index in [0.29, 0.717) is 0 Å². The van der Waals surface area contributed by atoms with Crippen molar-refractivity contribution in [3.63, 3.8) is 0 Å². The van der Waals surface area contributed by atoms with Crippen LogP contribution >= 0.6 is 0 Å². The fraction of sp³-hybridized carbons (Fsp3) is 1.00. The normalized spacial score (nSPS) is 31.0. The highest BCUT2D eigenvalue weighted by atomic mass is 16.5. The minimum atomic E-state index is -0.226. The van der Waals surface area contributed by atoms with Gasteiger partial charge in [0.15, 0.2) is 0 Å². The lowest BCUT2D eigenvalue weighted by molar-refractivity contribution is -0.108. The van der Waals surface area contributed by atoms with Crippen molar-refractivity contribution in [2.75, 3.05) is 0 Å². The highest BCUT2D eigenvalue weighted by molar-refractivity contribution is 4.80. The Labute approximate surface area is 74.9 Å². The molecule has 0 bridgehead atoms. The van der Waals surface area contributed by atoms with Gasteiger partial charge in [-0.2, -0.15) is 0 Å². The Morgan fingerprint density at radius 3 is 2.50 bits per heavy atom. The maximum atomic E-state index is 9.52. The first-order valence-corrected chi connectivity index (χ1v) is 4.91. The molecule has 1 aliphatic carbocycles. The molecule has 1 aliphatic rings. The van der Waals surface area contributed by atoms with E-state index in [1.165, 1.54) is 0 Å². The first-order valence-electron chi connectivity index (χ1n) is 4.91. The third-order valence-electron chi connectivity index (χ3n) is 2.74. The van der Waals surface area contributed by atoms with Crippen LogP contribution in [0.3, 0.4) is 0 Å². The van der Waals surface area contributed by atoms with Crippen LogP contribution in [0.25, 0.3) is 0 Å². The van der Waals surface area contributed by atoms with Crippen molar-refractivity contribution in [2.24, 2.45) is 0 Å². The molecule has 2 unspecified atom stereocenters. The summed E-state index contributed by atoms with van der Waals surface area (Å²) in [7, 11) is 0. The molecule has 0 aromatic heterocycles. The molecule has 0 aliphatic heterocycles. The zero-order valence-electron chi connectivity index (χ0n) is 8.34. The molecule has 0 aromatic carbocycles. The minimum absolute atomic E-state index is 0.0734. The fourth-order valence-electron chi connectivity index (χ4n) is 1.54. The van der Waals surface area contributed by atoms with Gasteiger partial charge in [-0.1, -0.05) is 6.92 Å². The number of hydrogen-bond donors (Lipinski definition) is 1. The van der Waals surface area contributed by atoms with Gasteiger partial charge in [0.25, 0.3) is 0 Å². The highest BCUT2D eigenvalue weighted by Crippen LogP contribution is 2.27. The van der Waals surface area contributed by atoms with Crippen LogP contribution in [0, 0.1) is 0 Å². The van der Waals surface area contributed by atoms with Crippen molar-refractivity contribution < 1.29 is 9.84 Å². The third kappa shape index (κ3) is 2.46. The van der Waals surface area contributed by atoms with E-state index in [9.17, 15) is 5.11 Å². The van der Waals surface area contributed by atoms with Crippen LogP contribution in [-0.2, 0) is 4.74 Å². The molecular weight excluding hydrogens is 152 g/mol. The third-order valence-corrected chi connectivity index (χ3v) is 2.74. The molecule has 0 heterocycles. The van der Waals surface area contributed by atoms with Gasteiger partial charge in [0.1, 0.15) is 0 Å². The Balaban J connectivity index is 2.39. The average Bonchev–Trinajstić information content (AvgIpc) is 2.36. The number of hydrogen-bond acceptors (Lipinski definition) is 2. The van der Waals surface area contributed by atoms with Crippen LogP contribution in [-0.4, -0.2) is 22.9 Å². The second-order valence-electron chi connectivity index (χ2n) is 4.27. The second kappa shape index (κ2) is 3.75. The molecule has 1 saturated carbocycles. The monoisotopic (exact) mass is 172 g/mol. The van der Waals surface area contributed by atoms with Crippen LogP contribution in [0.4, 0.5) is 0 Å². The standard InChI is InChI=1S/C10H20O2/c1-4-10(2,3)12-9-7-5-6-8(9)11/h8-9,11H,4-7H2,1-3H3. The summed E-state index contributed by atoms with van der Waals surface area (Å²) in [5, 5.41) is 9.52. The van der Waals surface area contributed by atoms with Crippen LogP contribution in [0.5, 0.6) is 0 Å². The van der Waals surface area contributed by atoms with Crippen molar-refractivity contribution in [3.8, 4) is 0 Å². The lowest BCUT2D eigenvalue weighted by Crippen LogP contribution is -2.34. The van der Waals surface area contributed by atoms with Crippen molar-refractivity contribution in [1.29, 1.82) is 0 Å². The number of rotatable bonds is 3. The Bertz CT molecular complexity index is 143. The topological polar surface area (TPSA) is 29.5 Å². The van der Waals surface area contributed by atoms with E-state index in [1.807, 2.05) is 0 Å². The van der Waals surface area contributed by atoms with Crippen molar-refractivity contribution >= 4 is 0 Å². The van der Waals surface area contributed by atoms with Crippen molar-refractivity contribution in [1.82, 2.24) is 0 Å². The van der Waals surface area contributed by atoms with E-state index in [0.717, 1.165) is 25.7 Å². The van der Waals surface area contributed by atoms with E-state index in [-0.39, 0.29) is 17.8 Å². The van der Waals surface area contributed by atoms with Crippen LogP contribution < -0.4 is 0 Å². The van der Waals surface area contributed by atoms with Gasteiger partial charge < -0.3 is 9.84 Å². The summed E-state index contributed by atoms with van der Waals surface area (Å²) in [6.07, 6.45) is 3.88. The van der Waals surface area contributed by atoms with Crippen molar-refractivity contribution in [3.05, 3.63) is 0 Å². The number of ether oxygens (including phenoxy) is 1. The molecule has 0 aromatic rings. The van der Waals surface area contributed by atoms with Gasteiger partial charge in [-0.05, 0) is 39.5 Å². The Morgan fingerprint density at radius 1 is 1.42 bits per heavy atom. The lowest BCUT2D eigenvalue weighted by atomic mass is 10.1. The van der Waals surface area contributed by atoms with E-state index in [2.05, 4.69) is 20.8 Å². The van der Waals surface area contributed by atoms with E-state index in [4.69, 9.17) is 4.74 Å². The molecule has 0 spiro atoms. The lowest BCUT2D eigenvalue weighted by Gasteiger charge is -2.29. The number of aliphatic hydroxyl groups excluding tert-OH is 1. The zero-order valence-corrected chi connectivity index (χ0v) is 8.34. The average molecular weight is 172 g/mol. The predicted octanol–water partition coefficient (Wildman–Crippen LogP) is 2.11. The van der Waals surface area contributed by atoms with E-state index >= 15 is 0 Å². The first kappa shape index (κ1) is 10.0. The minimum Gasteiger partial charge on any atom is -0.390 e. The molecule has 0 saturated heterocycles. The first-order chi connectivity index (χ1) is 5.55. The SMILES string of the molecule is CCC(C)(C)OC1CCCC1O. The van der Waals surface area contributed by atoms with Gasteiger partial charge in [-0.25, -0.2) is 0 Å². The molecule has 2 nitrogen and oxygen atoms in total. The largest absolute Gasteiger partial charge is 0.390 e.